The van der Waals surface area contributed by atoms with Crippen LogP contribution in [0.25, 0.3) is 0 Å². The van der Waals surface area contributed by atoms with Crippen LogP contribution in [0, 0.1) is 11.8 Å². The second kappa shape index (κ2) is 18.9. The van der Waals surface area contributed by atoms with Gasteiger partial charge in [0.1, 0.15) is 12.2 Å². The number of methoxy groups -OCH3 is 1. The first-order valence-electron chi connectivity index (χ1n) is 13.3. The van der Waals surface area contributed by atoms with Gasteiger partial charge in [-0.3, -0.25) is 14.4 Å². The first-order valence-corrected chi connectivity index (χ1v) is 13.3. The fourth-order valence-corrected chi connectivity index (χ4v) is 4.56. The molecule has 0 saturated heterocycles. The summed E-state index contributed by atoms with van der Waals surface area (Å²) in [5.41, 5.74) is 0. The summed E-state index contributed by atoms with van der Waals surface area (Å²) in [5, 5.41) is 0. The molecule has 0 spiro atoms. The van der Waals surface area contributed by atoms with E-state index in [9.17, 15) is 14.4 Å². The Kier molecular flexibility index (Phi) is 16.6. The lowest BCUT2D eigenvalue weighted by atomic mass is 9.78. The minimum Gasteiger partial charge on any atom is -0.469 e. The fourth-order valence-electron chi connectivity index (χ4n) is 4.56. The third kappa shape index (κ3) is 14.6. The second-order valence-corrected chi connectivity index (χ2v) is 9.36. The summed E-state index contributed by atoms with van der Waals surface area (Å²) in [5.74, 6) is -0.441. The van der Waals surface area contributed by atoms with E-state index in [0.29, 0.717) is 19.3 Å². The van der Waals surface area contributed by atoms with Gasteiger partial charge in [-0.05, 0) is 50.5 Å². The summed E-state index contributed by atoms with van der Waals surface area (Å²) < 4.78 is 15.9. The maximum atomic E-state index is 11.7. The highest BCUT2D eigenvalue weighted by atomic mass is 16.5. The van der Waals surface area contributed by atoms with E-state index in [1.807, 2.05) is 18.2 Å². The largest absolute Gasteiger partial charge is 0.469 e. The quantitative estimate of drug-likeness (QED) is 0.0748. The van der Waals surface area contributed by atoms with E-state index >= 15 is 0 Å². The van der Waals surface area contributed by atoms with E-state index < -0.39 is 0 Å². The van der Waals surface area contributed by atoms with Crippen LogP contribution in [0.3, 0.4) is 0 Å². The number of carbonyl (C=O) groups is 3. The third-order valence-corrected chi connectivity index (χ3v) is 6.38. The maximum absolute atomic E-state index is 11.7. The van der Waals surface area contributed by atoms with Crippen LogP contribution in [0.4, 0.5) is 0 Å². The van der Waals surface area contributed by atoms with Crippen molar-refractivity contribution in [3.63, 3.8) is 0 Å². The highest BCUT2D eigenvalue weighted by molar-refractivity contribution is 5.69. The van der Waals surface area contributed by atoms with E-state index in [0.717, 1.165) is 32.1 Å². The van der Waals surface area contributed by atoms with Crippen molar-refractivity contribution < 1.29 is 28.6 Å². The zero-order valence-electron chi connectivity index (χ0n) is 22.2. The Morgan fingerprint density at radius 1 is 0.886 bits per heavy atom. The van der Waals surface area contributed by atoms with Crippen molar-refractivity contribution in [1.29, 1.82) is 0 Å². The molecule has 0 saturated carbocycles. The summed E-state index contributed by atoms with van der Waals surface area (Å²) >= 11 is 0. The summed E-state index contributed by atoms with van der Waals surface area (Å²) in [6.45, 7) is 5.09. The first kappa shape index (κ1) is 30.7. The van der Waals surface area contributed by atoms with Crippen molar-refractivity contribution in [3.05, 3.63) is 36.5 Å². The standard InChI is InChI=1S/C29H46O6/c1-5-6-7-8-9-10-18-26(34-23(2)30)19-13-11-16-25-17-12-14-20-27(25)28(35-24(3)31)21-15-22-29(32)33-4/h11-14,16,19,25-28H,5-10,15,17-18,20-22H2,1-4H3/b16-11+,19-13+/t25-,26?,27+,28?/m1/s1. The van der Waals surface area contributed by atoms with E-state index in [1.165, 1.54) is 46.6 Å². The van der Waals surface area contributed by atoms with Crippen LogP contribution in [-0.2, 0) is 28.6 Å². The molecule has 4 atom stereocenters. The van der Waals surface area contributed by atoms with Gasteiger partial charge in [0.05, 0.1) is 7.11 Å². The fraction of sp³-hybridized carbons (Fsp3) is 0.690. The number of unbranched alkanes of at least 4 members (excludes halogenated alkanes) is 5. The Bertz CT molecular complexity index is 708. The van der Waals surface area contributed by atoms with Crippen LogP contribution < -0.4 is 0 Å². The van der Waals surface area contributed by atoms with E-state index in [2.05, 4.69) is 25.2 Å². The lowest BCUT2D eigenvalue weighted by Gasteiger charge is -2.33. The van der Waals surface area contributed by atoms with Crippen molar-refractivity contribution in [1.82, 2.24) is 0 Å². The lowest BCUT2D eigenvalue weighted by molar-refractivity contribution is -0.150. The van der Waals surface area contributed by atoms with Gasteiger partial charge in [-0.25, -0.2) is 0 Å². The second-order valence-electron chi connectivity index (χ2n) is 9.36. The number of carbonyl (C=O) groups excluding carboxylic acids is 3. The Morgan fingerprint density at radius 3 is 2.26 bits per heavy atom. The van der Waals surface area contributed by atoms with E-state index in [-0.39, 0.29) is 42.0 Å². The van der Waals surface area contributed by atoms with Gasteiger partial charge in [-0.15, -0.1) is 0 Å². The van der Waals surface area contributed by atoms with Gasteiger partial charge in [-0.2, -0.15) is 0 Å². The molecule has 0 aromatic heterocycles. The van der Waals surface area contributed by atoms with E-state index in [1.54, 1.807) is 0 Å². The van der Waals surface area contributed by atoms with Gasteiger partial charge >= 0.3 is 17.9 Å². The van der Waals surface area contributed by atoms with Crippen molar-refractivity contribution in [2.24, 2.45) is 11.8 Å². The van der Waals surface area contributed by atoms with E-state index in [4.69, 9.17) is 14.2 Å². The molecule has 0 fully saturated rings. The molecule has 0 aromatic rings. The predicted octanol–water partition coefficient (Wildman–Crippen LogP) is 6.64. The molecular weight excluding hydrogens is 444 g/mol. The summed E-state index contributed by atoms with van der Waals surface area (Å²) in [6, 6.07) is 0. The molecule has 2 unspecified atom stereocenters. The Morgan fingerprint density at radius 2 is 1.57 bits per heavy atom. The topological polar surface area (TPSA) is 78.9 Å². The molecule has 0 radical (unpaired) electrons. The SMILES string of the molecule is CCCCCCCCC(/C=C/C=C/[C@@H]1CC=CC[C@@H]1C(CCCC(=O)OC)OC(C)=O)OC(C)=O. The van der Waals surface area contributed by atoms with Crippen LogP contribution >= 0.6 is 0 Å². The first-order chi connectivity index (χ1) is 16.9. The minimum atomic E-state index is -0.302. The summed E-state index contributed by atoms with van der Waals surface area (Å²) in [7, 11) is 1.38. The number of ether oxygens (including phenoxy) is 3. The molecule has 0 heterocycles. The minimum absolute atomic E-state index is 0.151. The monoisotopic (exact) mass is 490 g/mol. The Balaban J connectivity index is 2.71. The number of hydrogen-bond acceptors (Lipinski definition) is 6. The normalized spacial score (nSPS) is 19.5. The molecule has 0 aromatic carbocycles. The van der Waals surface area contributed by atoms with Crippen molar-refractivity contribution in [2.75, 3.05) is 7.11 Å². The number of esters is 3. The van der Waals surface area contributed by atoms with Gasteiger partial charge < -0.3 is 14.2 Å². The predicted molar refractivity (Wildman–Crippen MR) is 139 cm³/mol. The zero-order valence-corrected chi connectivity index (χ0v) is 22.2. The summed E-state index contributed by atoms with van der Waals surface area (Å²) in [6.07, 6.45) is 23.2. The lowest BCUT2D eigenvalue weighted by Crippen LogP contribution is -2.32. The van der Waals surface area contributed by atoms with Gasteiger partial charge in [0.15, 0.2) is 0 Å². The zero-order chi connectivity index (χ0) is 25.9. The summed E-state index contributed by atoms with van der Waals surface area (Å²) in [4.78, 5) is 34.7. The Labute approximate surface area is 212 Å². The highest BCUT2D eigenvalue weighted by Gasteiger charge is 2.30. The molecule has 35 heavy (non-hydrogen) atoms. The molecule has 1 rings (SSSR count). The third-order valence-electron chi connectivity index (χ3n) is 6.38. The maximum Gasteiger partial charge on any atom is 0.305 e. The van der Waals surface area contributed by atoms with Gasteiger partial charge in [0.25, 0.3) is 0 Å². The van der Waals surface area contributed by atoms with Crippen molar-refractivity contribution in [3.8, 4) is 0 Å². The number of hydrogen-bond donors (Lipinski definition) is 0. The van der Waals surface area contributed by atoms with Crippen LogP contribution in [0.5, 0.6) is 0 Å². The number of allylic oxidation sites excluding steroid dienone is 5. The number of rotatable bonds is 17. The average Bonchev–Trinajstić information content (AvgIpc) is 2.82. The average molecular weight is 491 g/mol. The molecule has 0 aliphatic heterocycles. The molecule has 0 N–H and O–H groups in total. The highest BCUT2D eigenvalue weighted by Crippen LogP contribution is 2.33. The molecule has 6 nitrogen and oxygen atoms in total. The van der Waals surface area contributed by atoms with Crippen LogP contribution in [0.1, 0.15) is 97.8 Å². The molecule has 198 valence electrons. The molecule has 0 bridgehead atoms. The van der Waals surface area contributed by atoms with Crippen LogP contribution in [0.15, 0.2) is 36.5 Å². The molecule has 1 aliphatic carbocycles. The molecule has 6 heteroatoms. The van der Waals surface area contributed by atoms with Gasteiger partial charge in [0, 0.05) is 26.2 Å². The van der Waals surface area contributed by atoms with Gasteiger partial charge in [0.2, 0.25) is 0 Å². The van der Waals surface area contributed by atoms with Gasteiger partial charge in [-0.1, -0.05) is 69.4 Å². The molecule has 0 amide bonds. The smallest absolute Gasteiger partial charge is 0.305 e. The van der Waals surface area contributed by atoms with Crippen LogP contribution in [0.2, 0.25) is 0 Å². The Hall–Kier alpha value is -2.37. The molecular formula is C29H46O6. The van der Waals surface area contributed by atoms with Crippen LogP contribution in [-0.4, -0.2) is 37.2 Å². The molecule has 1 aliphatic rings. The van der Waals surface area contributed by atoms with Crippen molar-refractivity contribution >= 4 is 17.9 Å². The van der Waals surface area contributed by atoms with Crippen molar-refractivity contribution in [2.45, 2.75) is 110 Å².